The number of pyridine rings is 1. The predicted molar refractivity (Wildman–Crippen MR) is 65.4 cm³/mol. The molecule has 0 saturated carbocycles. The number of anilines is 1. The van der Waals surface area contributed by atoms with E-state index in [1.807, 2.05) is 31.7 Å². The lowest BCUT2D eigenvalue weighted by molar-refractivity contribution is -0.128. The second-order valence-electron chi connectivity index (χ2n) is 3.61. The summed E-state index contributed by atoms with van der Waals surface area (Å²) < 4.78 is 0. The van der Waals surface area contributed by atoms with Crippen LogP contribution in [0.15, 0.2) is 18.5 Å². The molecule has 0 radical (unpaired) electrons. The zero-order chi connectivity index (χ0) is 12.0. The molecule has 1 aromatic heterocycles. The van der Waals surface area contributed by atoms with Crippen molar-refractivity contribution in [2.45, 2.75) is 20.8 Å². The van der Waals surface area contributed by atoms with Gasteiger partial charge in [-0.25, -0.2) is 0 Å². The highest BCUT2D eigenvalue weighted by Gasteiger charge is 2.08. The van der Waals surface area contributed by atoms with E-state index in [9.17, 15) is 4.79 Å². The van der Waals surface area contributed by atoms with E-state index in [1.54, 1.807) is 12.4 Å². The van der Waals surface area contributed by atoms with Crippen LogP contribution in [0.2, 0.25) is 0 Å². The molecule has 0 atom stereocenters. The topological polar surface area (TPSA) is 45.2 Å². The maximum Gasteiger partial charge on any atom is 0.241 e. The van der Waals surface area contributed by atoms with Gasteiger partial charge in [0.2, 0.25) is 5.91 Å². The number of nitrogens with one attached hydrogen (secondary N) is 1. The normalized spacial score (nSPS) is 9.94. The highest BCUT2D eigenvalue weighted by atomic mass is 16.2. The maximum absolute atomic E-state index is 11.7. The quantitative estimate of drug-likeness (QED) is 0.822. The number of rotatable bonds is 5. The Hall–Kier alpha value is -1.58. The van der Waals surface area contributed by atoms with Gasteiger partial charge in [0.05, 0.1) is 6.54 Å². The van der Waals surface area contributed by atoms with Gasteiger partial charge in [-0.05, 0) is 32.4 Å². The van der Waals surface area contributed by atoms with Gasteiger partial charge in [-0.3, -0.25) is 9.78 Å². The van der Waals surface area contributed by atoms with E-state index in [2.05, 4.69) is 10.3 Å². The largest absolute Gasteiger partial charge is 0.376 e. The summed E-state index contributed by atoms with van der Waals surface area (Å²) in [6, 6.07) is 1.88. The molecule has 0 fully saturated rings. The molecule has 0 bridgehead atoms. The molecule has 0 saturated heterocycles. The molecule has 1 rings (SSSR count). The first-order chi connectivity index (χ1) is 7.69. The van der Waals surface area contributed by atoms with Crippen LogP contribution in [0.1, 0.15) is 19.4 Å². The Morgan fingerprint density at radius 2 is 2.12 bits per heavy atom. The molecule has 0 aliphatic heterocycles. The van der Waals surface area contributed by atoms with Crippen molar-refractivity contribution in [1.29, 1.82) is 0 Å². The fourth-order valence-corrected chi connectivity index (χ4v) is 1.53. The van der Waals surface area contributed by atoms with Crippen LogP contribution in [0.4, 0.5) is 5.69 Å². The van der Waals surface area contributed by atoms with Gasteiger partial charge in [0.25, 0.3) is 0 Å². The molecule has 4 heteroatoms. The maximum atomic E-state index is 11.7. The summed E-state index contributed by atoms with van der Waals surface area (Å²) in [6.07, 6.45) is 3.50. The Balaban J connectivity index is 2.52. The van der Waals surface area contributed by atoms with E-state index in [4.69, 9.17) is 0 Å². The number of aromatic nitrogens is 1. The third-order valence-corrected chi connectivity index (χ3v) is 2.57. The van der Waals surface area contributed by atoms with E-state index in [-0.39, 0.29) is 5.91 Å². The van der Waals surface area contributed by atoms with Crippen LogP contribution in [0.25, 0.3) is 0 Å². The first-order valence-electron chi connectivity index (χ1n) is 5.61. The van der Waals surface area contributed by atoms with Crippen molar-refractivity contribution in [3.8, 4) is 0 Å². The van der Waals surface area contributed by atoms with E-state index >= 15 is 0 Å². The average Bonchev–Trinajstić information content (AvgIpc) is 2.29. The molecule has 4 nitrogen and oxygen atoms in total. The zero-order valence-electron chi connectivity index (χ0n) is 10.2. The Kier molecular flexibility index (Phi) is 4.76. The second-order valence-corrected chi connectivity index (χ2v) is 3.61. The van der Waals surface area contributed by atoms with Crippen LogP contribution in [0.5, 0.6) is 0 Å². The zero-order valence-corrected chi connectivity index (χ0v) is 10.2. The van der Waals surface area contributed by atoms with Crippen molar-refractivity contribution in [1.82, 2.24) is 9.88 Å². The van der Waals surface area contributed by atoms with Gasteiger partial charge >= 0.3 is 0 Å². The summed E-state index contributed by atoms with van der Waals surface area (Å²) in [4.78, 5) is 17.6. The van der Waals surface area contributed by atoms with E-state index in [0.717, 1.165) is 24.3 Å². The lowest BCUT2D eigenvalue weighted by Crippen LogP contribution is -2.35. The minimum atomic E-state index is 0.126. The molecule has 1 heterocycles. The number of carbonyl (C=O) groups excluding carboxylic acids is 1. The Bertz CT molecular complexity index is 348. The Morgan fingerprint density at radius 3 is 2.69 bits per heavy atom. The van der Waals surface area contributed by atoms with Gasteiger partial charge in [-0.1, -0.05) is 0 Å². The first kappa shape index (κ1) is 12.5. The van der Waals surface area contributed by atoms with Crippen molar-refractivity contribution < 1.29 is 4.79 Å². The third-order valence-electron chi connectivity index (χ3n) is 2.57. The number of hydrogen-bond acceptors (Lipinski definition) is 3. The number of amides is 1. The fraction of sp³-hybridized carbons (Fsp3) is 0.500. The monoisotopic (exact) mass is 221 g/mol. The summed E-state index contributed by atoms with van der Waals surface area (Å²) in [7, 11) is 0. The van der Waals surface area contributed by atoms with E-state index in [1.165, 1.54) is 0 Å². The molecular formula is C12H19N3O. The SMILES string of the molecule is CCN(CC)C(=O)CNc1ccncc1C. The molecule has 0 unspecified atom stereocenters. The predicted octanol–water partition coefficient (Wildman–Crippen LogP) is 1.67. The van der Waals surface area contributed by atoms with Crippen LogP contribution in [0, 0.1) is 6.92 Å². The van der Waals surface area contributed by atoms with Gasteiger partial charge in [0.15, 0.2) is 0 Å². The van der Waals surface area contributed by atoms with Gasteiger partial charge in [0.1, 0.15) is 0 Å². The number of aryl methyl sites for hydroxylation is 1. The van der Waals surface area contributed by atoms with Crippen molar-refractivity contribution in [3.63, 3.8) is 0 Å². The van der Waals surface area contributed by atoms with Crippen LogP contribution in [0.3, 0.4) is 0 Å². The Morgan fingerprint density at radius 1 is 1.44 bits per heavy atom. The summed E-state index contributed by atoms with van der Waals surface area (Å²) >= 11 is 0. The molecule has 1 N–H and O–H groups in total. The second kappa shape index (κ2) is 6.10. The molecular weight excluding hydrogens is 202 g/mol. The number of nitrogens with zero attached hydrogens (tertiary/aromatic N) is 2. The minimum absolute atomic E-state index is 0.126. The number of likely N-dealkylation sites (N-methyl/N-ethyl adjacent to an activating group) is 1. The number of hydrogen-bond donors (Lipinski definition) is 1. The summed E-state index contributed by atoms with van der Waals surface area (Å²) in [5, 5.41) is 3.13. The van der Waals surface area contributed by atoms with Crippen molar-refractivity contribution in [2.24, 2.45) is 0 Å². The van der Waals surface area contributed by atoms with E-state index in [0.29, 0.717) is 6.54 Å². The van der Waals surface area contributed by atoms with Crippen LogP contribution in [-0.2, 0) is 4.79 Å². The fourth-order valence-electron chi connectivity index (χ4n) is 1.53. The molecule has 0 aromatic carbocycles. The number of carbonyl (C=O) groups is 1. The molecule has 1 aromatic rings. The molecule has 88 valence electrons. The lowest BCUT2D eigenvalue weighted by Gasteiger charge is -2.19. The highest BCUT2D eigenvalue weighted by molar-refractivity contribution is 5.81. The smallest absolute Gasteiger partial charge is 0.241 e. The summed E-state index contributed by atoms with van der Waals surface area (Å²) in [6.45, 7) is 7.79. The molecule has 1 amide bonds. The van der Waals surface area contributed by atoms with Crippen LogP contribution in [-0.4, -0.2) is 35.4 Å². The molecule has 16 heavy (non-hydrogen) atoms. The van der Waals surface area contributed by atoms with Crippen molar-refractivity contribution in [2.75, 3.05) is 25.0 Å². The van der Waals surface area contributed by atoms with Gasteiger partial charge in [0, 0.05) is 31.2 Å². The van der Waals surface area contributed by atoms with Crippen LogP contribution >= 0.6 is 0 Å². The standard InChI is InChI=1S/C12H19N3O/c1-4-15(5-2)12(16)9-14-11-6-7-13-8-10(11)3/h6-8H,4-5,9H2,1-3H3,(H,13,14). The van der Waals surface area contributed by atoms with Crippen molar-refractivity contribution in [3.05, 3.63) is 24.0 Å². The van der Waals surface area contributed by atoms with Crippen molar-refractivity contribution >= 4 is 11.6 Å². The van der Waals surface area contributed by atoms with Gasteiger partial charge < -0.3 is 10.2 Å². The average molecular weight is 221 g/mol. The van der Waals surface area contributed by atoms with Crippen LogP contribution < -0.4 is 5.32 Å². The molecule has 0 spiro atoms. The third kappa shape index (κ3) is 3.22. The minimum Gasteiger partial charge on any atom is -0.376 e. The van der Waals surface area contributed by atoms with E-state index < -0.39 is 0 Å². The highest BCUT2D eigenvalue weighted by Crippen LogP contribution is 2.10. The Labute approximate surface area is 96.7 Å². The lowest BCUT2D eigenvalue weighted by atomic mass is 10.2. The summed E-state index contributed by atoms with van der Waals surface area (Å²) in [5.41, 5.74) is 2.02. The van der Waals surface area contributed by atoms with Gasteiger partial charge in [-0.2, -0.15) is 0 Å². The molecule has 0 aliphatic rings. The first-order valence-corrected chi connectivity index (χ1v) is 5.61. The summed E-state index contributed by atoms with van der Waals surface area (Å²) in [5.74, 6) is 0.126. The molecule has 0 aliphatic carbocycles. The van der Waals surface area contributed by atoms with Gasteiger partial charge in [-0.15, -0.1) is 0 Å².